The van der Waals surface area contributed by atoms with Crippen LogP contribution in [0.3, 0.4) is 0 Å². The van der Waals surface area contributed by atoms with Gasteiger partial charge in [0.1, 0.15) is 5.82 Å². The van der Waals surface area contributed by atoms with Crippen LogP contribution in [0.4, 0.5) is 4.39 Å². The summed E-state index contributed by atoms with van der Waals surface area (Å²) in [4.78, 5) is 2.52. The van der Waals surface area contributed by atoms with Crippen molar-refractivity contribution in [2.45, 2.75) is 38.1 Å². The monoisotopic (exact) mass is 411 g/mol. The molecule has 0 aromatic heterocycles. The third kappa shape index (κ3) is 5.27. The summed E-state index contributed by atoms with van der Waals surface area (Å²) in [7, 11) is 0. The van der Waals surface area contributed by atoms with Crippen LogP contribution in [0, 0.1) is 17.2 Å². The van der Waals surface area contributed by atoms with Crippen molar-refractivity contribution in [2.75, 3.05) is 32.8 Å². The Morgan fingerprint density at radius 1 is 1.13 bits per heavy atom. The van der Waals surface area contributed by atoms with Crippen LogP contribution in [0.2, 0.25) is 0 Å². The minimum atomic E-state index is -0.185. The van der Waals surface area contributed by atoms with E-state index in [0.29, 0.717) is 5.92 Å². The van der Waals surface area contributed by atoms with Gasteiger partial charge in [-0.3, -0.25) is 5.43 Å². The van der Waals surface area contributed by atoms with Crippen molar-refractivity contribution in [3.05, 3.63) is 71.5 Å². The van der Waals surface area contributed by atoms with Crippen molar-refractivity contribution in [3.8, 4) is 0 Å². The van der Waals surface area contributed by atoms with E-state index < -0.39 is 0 Å². The van der Waals surface area contributed by atoms with E-state index in [9.17, 15) is 9.50 Å². The summed E-state index contributed by atoms with van der Waals surface area (Å²) < 4.78 is 13.7. The molecule has 5 heteroatoms. The molecule has 2 fully saturated rings. The minimum absolute atomic E-state index is 0.000837. The first-order valence-electron chi connectivity index (χ1n) is 11.3. The fraction of sp³-hybridized carbons (Fsp3) is 0.520. The topological polar surface area (TPSA) is 47.5 Å². The molecule has 4 rings (SSSR count). The van der Waals surface area contributed by atoms with E-state index in [1.54, 1.807) is 12.1 Å². The van der Waals surface area contributed by atoms with Gasteiger partial charge in [0.05, 0.1) is 6.04 Å². The SMILES string of the molecule is OCC1(CCCc2ccccc2)CCCN(CC2CNNC2c2cccc(F)c2)C1. The highest BCUT2D eigenvalue weighted by Crippen LogP contribution is 2.36. The summed E-state index contributed by atoms with van der Waals surface area (Å²) in [5, 5.41) is 10.3. The standard InChI is InChI=1S/C25H34FN3O/c26-23-11-4-10-21(15-23)24-22(16-27-28-24)17-29-14-6-13-25(18-29,19-30)12-5-9-20-7-2-1-3-8-20/h1-4,7-8,10-11,15,22,24,27-28,30H,5-6,9,12-14,16-19H2. The normalized spacial score (nSPS) is 27.4. The van der Waals surface area contributed by atoms with Gasteiger partial charge in [-0.2, -0.15) is 0 Å². The molecule has 0 amide bonds. The molecule has 3 unspecified atom stereocenters. The third-order valence-corrected chi connectivity index (χ3v) is 6.88. The number of rotatable bonds is 8. The minimum Gasteiger partial charge on any atom is -0.396 e. The first-order chi connectivity index (χ1) is 14.7. The Labute approximate surface area is 179 Å². The molecule has 0 bridgehead atoms. The molecular formula is C25H34FN3O. The van der Waals surface area contributed by atoms with Crippen molar-refractivity contribution < 1.29 is 9.50 Å². The number of hydrogen-bond acceptors (Lipinski definition) is 4. The molecule has 30 heavy (non-hydrogen) atoms. The number of halogens is 1. The number of aliphatic hydroxyl groups is 1. The number of hydrazine groups is 1. The Morgan fingerprint density at radius 3 is 2.80 bits per heavy atom. The van der Waals surface area contributed by atoms with E-state index in [2.05, 4.69) is 46.1 Å². The highest BCUT2D eigenvalue weighted by molar-refractivity contribution is 5.22. The summed E-state index contributed by atoms with van der Waals surface area (Å²) in [6.07, 6.45) is 5.47. The van der Waals surface area contributed by atoms with Crippen molar-refractivity contribution in [2.24, 2.45) is 11.3 Å². The van der Waals surface area contributed by atoms with Crippen LogP contribution in [0.15, 0.2) is 54.6 Å². The Kier molecular flexibility index (Phi) is 7.16. The van der Waals surface area contributed by atoms with Gasteiger partial charge in [0.15, 0.2) is 0 Å². The van der Waals surface area contributed by atoms with Crippen molar-refractivity contribution in [3.63, 3.8) is 0 Å². The second-order valence-electron chi connectivity index (χ2n) is 9.15. The Balaban J connectivity index is 1.35. The lowest BCUT2D eigenvalue weighted by Crippen LogP contribution is -2.47. The van der Waals surface area contributed by atoms with E-state index in [0.717, 1.165) is 63.8 Å². The number of benzene rings is 2. The second kappa shape index (κ2) is 10.0. The average molecular weight is 412 g/mol. The van der Waals surface area contributed by atoms with Gasteiger partial charge < -0.3 is 10.0 Å². The Hall–Kier alpha value is -1.79. The molecule has 0 saturated carbocycles. The molecule has 2 aromatic rings. The number of piperidine rings is 1. The fourth-order valence-electron chi connectivity index (χ4n) is 5.28. The fourth-order valence-corrected chi connectivity index (χ4v) is 5.28. The third-order valence-electron chi connectivity index (χ3n) is 6.88. The maximum absolute atomic E-state index is 13.7. The van der Waals surface area contributed by atoms with Crippen LogP contribution in [-0.4, -0.2) is 42.8 Å². The molecule has 2 saturated heterocycles. The molecule has 0 aliphatic carbocycles. The number of likely N-dealkylation sites (tertiary alicyclic amines) is 1. The van der Waals surface area contributed by atoms with Crippen LogP contribution in [-0.2, 0) is 6.42 Å². The smallest absolute Gasteiger partial charge is 0.123 e. The molecule has 2 aromatic carbocycles. The summed E-state index contributed by atoms with van der Waals surface area (Å²) in [6.45, 7) is 4.11. The van der Waals surface area contributed by atoms with Gasteiger partial charge in [0.25, 0.3) is 0 Å². The maximum atomic E-state index is 13.7. The molecule has 2 aliphatic heterocycles. The summed E-state index contributed by atoms with van der Waals surface area (Å²) in [6, 6.07) is 17.6. The first-order valence-corrected chi connectivity index (χ1v) is 11.3. The number of aryl methyl sites for hydroxylation is 1. The molecule has 0 spiro atoms. The summed E-state index contributed by atoms with van der Waals surface area (Å²) in [5.74, 6) is 0.196. The lowest BCUT2D eigenvalue weighted by molar-refractivity contribution is 0.0178. The summed E-state index contributed by atoms with van der Waals surface area (Å²) >= 11 is 0. The average Bonchev–Trinajstić information content (AvgIpc) is 3.23. The zero-order chi connectivity index (χ0) is 20.8. The number of nitrogens with zero attached hydrogens (tertiary/aromatic N) is 1. The quantitative estimate of drug-likeness (QED) is 0.620. The zero-order valence-corrected chi connectivity index (χ0v) is 17.7. The van der Waals surface area contributed by atoms with E-state index >= 15 is 0 Å². The zero-order valence-electron chi connectivity index (χ0n) is 17.7. The van der Waals surface area contributed by atoms with Crippen molar-refractivity contribution in [1.82, 2.24) is 15.8 Å². The molecule has 2 aliphatic rings. The predicted octanol–water partition coefficient (Wildman–Crippen LogP) is 3.69. The Bertz CT molecular complexity index is 802. The lowest BCUT2D eigenvalue weighted by Gasteiger charge is -2.43. The molecule has 162 valence electrons. The summed E-state index contributed by atoms with van der Waals surface area (Å²) in [5.41, 5.74) is 8.98. The van der Waals surface area contributed by atoms with E-state index in [1.807, 2.05) is 6.07 Å². The van der Waals surface area contributed by atoms with Crippen molar-refractivity contribution >= 4 is 0 Å². The van der Waals surface area contributed by atoms with Gasteiger partial charge in [0.2, 0.25) is 0 Å². The van der Waals surface area contributed by atoms with Crippen LogP contribution in [0.25, 0.3) is 0 Å². The molecule has 0 radical (unpaired) electrons. The number of aliphatic hydroxyl groups excluding tert-OH is 1. The van der Waals surface area contributed by atoms with Gasteiger partial charge in [-0.25, -0.2) is 9.82 Å². The largest absolute Gasteiger partial charge is 0.396 e. The van der Waals surface area contributed by atoms with Crippen LogP contribution in [0.5, 0.6) is 0 Å². The molecule has 3 N–H and O–H groups in total. The maximum Gasteiger partial charge on any atom is 0.123 e. The number of nitrogens with one attached hydrogen (secondary N) is 2. The predicted molar refractivity (Wildman–Crippen MR) is 118 cm³/mol. The Morgan fingerprint density at radius 2 is 2.00 bits per heavy atom. The second-order valence-corrected chi connectivity index (χ2v) is 9.15. The van der Waals surface area contributed by atoms with Gasteiger partial charge in [0, 0.05) is 37.6 Å². The van der Waals surface area contributed by atoms with Crippen molar-refractivity contribution in [1.29, 1.82) is 0 Å². The highest BCUT2D eigenvalue weighted by Gasteiger charge is 2.37. The van der Waals surface area contributed by atoms with Crippen LogP contribution < -0.4 is 10.9 Å². The highest BCUT2D eigenvalue weighted by atomic mass is 19.1. The van der Waals surface area contributed by atoms with Gasteiger partial charge in [-0.05, 0) is 61.9 Å². The van der Waals surface area contributed by atoms with Gasteiger partial charge in [-0.1, -0.05) is 42.5 Å². The molecular weight excluding hydrogens is 377 g/mol. The lowest BCUT2D eigenvalue weighted by atomic mass is 9.76. The van der Waals surface area contributed by atoms with Crippen LogP contribution >= 0.6 is 0 Å². The molecule has 2 heterocycles. The van der Waals surface area contributed by atoms with Gasteiger partial charge >= 0.3 is 0 Å². The molecule has 3 atom stereocenters. The number of hydrogen-bond donors (Lipinski definition) is 3. The van der Waals surface area contributed by atoms with E-state index in [-0.39, 0.29) is 23.9 Å². The van der Waals surface area contributed by atoms with Crippen LogP contribution in [0.1, 0.15) is 42.9 Å². The van der Waals surface area contributed by atoms with Gasteiger partial charge in [-0.15, -0.1) is 0 Å². The van der Waals surface area contributed by atoms with E-state index in [1.165, 1.54) is 11.6 Å². The van der Waals surface area contributed by atoms with E-state index in [4.69, 9.17) is 0 Å². The first kappa shape index (κ1) is 21.4. The molecule has 4 nitrogen and oxygen atoms in total.